The molecule has 0 aliphatic heterocycles. The molecule has 27 heavy (non-hydrogen) atoms. The number of rotatable bonds is 5. The first-order valence-corrected chi connectivity index (χ1v) is 10.2. The van der Waals surface area contributed by atoms with Crippen LogP contribution in [0, 0.1) is 13.8 Å². The van der Waals surface area contributed by atoms with Gasteiger partial charge in [0.25, 0.3) is 0 Å². The predicted octanol–water partition coefficient (Wildman–Crippen LogP) is 4.15. The maximum atomic E-state index is 11.9. The summed E-state index contributed by atoms with van der Waals surface area (Å²) in [6, 6.07) is 14.5. The lowest BCUT2D eigenvalue weighted by atomic mass is 10.0. The van der Waals surface area contributed by atoms with Crippen molar-refractivity contribution in [1.82, 2.24) is 5.16 Å². The number of aryl methyl sites for hydroxylation is 1. The van der Waals surface area contributed by atoms with Crippen molar-refractivity contribution in [3.8, 4) is 11.1 Å². The number of aromatic nitrogens is 1. The van der Waals surface area contributed by atoms with Crippen LogP contribution in [0.25, 0.3) is 11.1 Å². The van der Waals surface area contributed by atoms with Crippen LogP contribution in [0.4, 0.5) is 11.6 Å². The van der Waals surface area contributed by atoms with Gasteiger partial charge in [-0.2, -0.15) is 0 Å². The van der Waals surface area contributed by atoms with Crippen LogP contribution < -0.4 is 10.0 Å². The summed E-state index contributed by atoms with van der Waals surface area (Å²) in [7, 11) is -3.80. The second kappa shape index (κ2) is 7.17. The van der Waals surface area contributed by atoms with Gasteiger partial charge < -0.3 is 9.42 Å². The highest BCUT2D eigenvalue weighted by Gasteiger charge is 2.21. The zero-order chi connectivity index (χ0) is 19.8. The molecule has 1 aromatic heterocycles. The van der Waals surface area contributed by atoms with E-state index in [4.69, 9.17) is 9.66 Å². The topological polar surface area (TPSA) is 89.4 Å². The summed E-state index contributed by atoms with van der Waals surface area (Å²) in [6.07, 6.45) is 0. The molecule has 0 amide bonds. The van der Waals surface area contributed by atoms with Crippen LogP contribution in [0.5, 0.6) is 0 Å². The summed E-state index contributed by atoms with van der Waals surface area (Å²) >= 11 is 0. The largest absolute Gasteiger partial charge is 0.338 e. The first-order chi connectivity index (χ1) is 12.7. The lowest BCUT2D eigenvalue weighted by Crippen LogP contribution is -2.25. The SMILES string of the molecule is Cc1noc(N(c2ccc(-c3ccccc3S(N)(=O)=O)cc2)C(C)C)c1C. The third kappa shape index (κ3) is 3.74. The molecule has 3 rings (SSSR count). The van der Waals surface area contributed by atoms with E-state index in [1.165, 1.54) is 6.07 Å². The van der Waals surface area contributed by atoms with Crippen molar-refractivity contribution < 1.29 is 12.9 Å². The zero-order valence-corrected chi connectivity index (χ0v) is 16.6. The van der Waals surface area contributed by atoms with Crippen molar-refractivity contribution in [2.45, 2.75) is 38.6 Å². The Bertz CT molecular complexity index is 1050. The van der Waals surface area contributed by atoms with Crippen molar-refractivity contribution in [3.05, 3.63) is 59.8 Å². The molecule has 7 heteroatoms. The highest BCUT2D eigenvalue weighted by atomic mass is 32.2. The third-order valence-corrected chi connectivity index (χ3v) is 5.49. The molecular weight excluding hydrogens is 362 g/mol. The molecule has 0 spiro atoms. The van der Waals surface area contributed by atoms with Crippen molar-refractivity contribution in [2.75, 3.05) is 4.90 Å². The van der Waals surface area contributed by atoms with Gasteiger partial charge in [0.15, 0.2) is 0 Å². The Morgan fingerprint density at radius 2 is 1.67 bits per heavy atom. The van der Waals surface area contributed by atoms with Crippen LogP contribution in [0.1, 0.15) is 25.1 Å². The standard InChI is InChI=1S/C20H23N3O3S/c1-13(2)23(20-14(3)15(4)22-26-20)17-11-9-16(10-12-17)18-7-5-6-8-19(18)27(21,24)25/h5-13H,1-4H3,(H2,21,24,25). The normalized spacial score (nSPS) is 11.8. The maximum absolute atomic E-state index is 11.9. The van der Waals surface area contributed by atoms with Crippen LogP contribution in [-0.4, -0.2) is 19.6 Å². The van der Waals surface area contributed by atoms with Crippen molar-refractivity contribution in [2.24, 2.45) is 5.14 Å². The maximum Gasteiger partial charge on any atom is 0.238 e. The van der Waals surface area contributed by atoms with E-state index in [0.717, 1.165) is 22.5 Å². The minimum absolute atomic E-state index is 0.111. The molecule has 0 bridgehead atoms. The monoisotopic (exact) mass is 385 g/mol. The molecule has 2 N–H and O–H groups in total. The lowest BCUT2D eigenvalue weighted by molar-refractivity contribution is 0.413. The molecule has 2 aromatic carbocycles. The first kappa shape index (κ1) is 19.1. The van der Waals surface area contributed by atoms with E-state index in [-0.39, 0.29) is 10.9 Å². The minimum atomic E-state index is -3.80. The van der Waals surface area contributed by atoms with E-state index >= 15 is 0 Å². The smallest absolute Gasteiger partial charge is 0.238 e. The van der Waals surface area contributed by atoms with Gasteiger partial charge in [0.05, 0.1) is 10.6 Å². The van der Waals surface area contributed by atoms with Crippen molar-refractivity contribution >= 4 is 21.6 Å². The van der Waals surface area contributed by atoms with Crippen molar-refractivity contribution in [1.29, 1.82) is 0 Å². The quantitative estimate of drug-likeness (QED) is 0.712. The summed E-state index contributed by atoms with van der Waals surface area (Å²) in [5.74, 6) is 0.709. The summed E-state index contributed by atoms with van der Waals surface area (Å²) in [5.41, 5.74) is 4.13. The molecule has 0 saturated heterocycles. The Balaban J connectivity index is 2.04. The van der Waals surface area contributed by atoms with E-state index in [1.807, 2.05) is 38.1 Å². The van der Waals surface area contributed by atoms with Gasteiger partial charge in [0, 0.05) is 22.9 Å². The average molecular weight is 385 g/mol. The second-order valence-corrected chi connectivity index (χ2v) is 8.28. The van der Waals surface area contributed by atoms with Crippen molar-refractivity contribution in [3.63, 3.8) is 0 Å². The van der Waals surface area contributed by atoms with Gasteiger partial charge in [-0.3, -0.25) is 0 Å². The summed E-state index contributed by atoms with van der Waals surface area (Å²) in [6.45, 7) is 8.03. The fourth-order valence-corrected chi connectivity index (χ4v) is 3.79. The zero-order valence-electron chi connectivity index (χ0n) is 15.8. The fraction of sp³-hybridized carbons (Fsp3) is 0.250. The molecule has 0 aliphatic carbocycles. The number of hydrogen-bond acceptors (Lipinski definition) is 5. The Morgan fingerprint density at radius 3 is 2.19 bits per heavy atom. The molecule has 0 saturated carbocycles. The number of benzene rings is 2. The molecule has 142 valence electrons. The lowest BCUT2D eigenvalue weighted by Gasteiger charge is -2.26. The van der Waals surface area contributed by atoms with Gasteiger partial charge in [-0.05, 0) is 51.5 Å². The van der Waals surface area contributed by atoms with Gasteiger partial charge in [0.2, 0.25) is 15.9 Å². The molecule has 0 aliphatic rings. The Hall–Kier alpha value is -2.64. The molecule has 0 fully saturated rings. The van der Waals surface area contributed by atoms with E-state index in [2.05, 4.69) is 23.9 Å². The number of primary sulfonamides is 1. The van der Waals surface area contributed by atoms with Gasteiger partial charge in [-0.15, -0.1) is 0 Å². The molecule has 0 atom stereocenters. The number of anilines is 2. The van der Waals surface area contributed by atoms with Crippen LogP contribution in [0.2, 0.25) is 0 Å². The van der Waals surface area contributed by atoms with Crippen LogP contribution in [-0.2, 0) is 10.0 Å². The van der Waals surface area contributed by atoms with Gasteiger partial charge >= 0.3 is 0 Å². The van der Waals surface area contributed by atoms with Crippen LogP contribution >= 0.6 is 0 Å². The van der Waals surface area contributed by atoms with E-state index in [9.17, 15) is 8.42 Å². The third-order valence-electron chi connectivity index (χ3n) is 4.52. The highest BCUT2D eigenvalue weighted by Crippen LogP contribution is 2.34. The first-order valence-electron chi connectivity index (χ1n) is 8.64. The minimum Gasteiger partial charge on any atom is -0.338 e. The van der Waals surface area contributed by atoms with Gasteiger partial charge in [-0.1, -0.05) is 35.5 Å². The predicted molar refractivity (Wildman–Crippen MR) is 107 cm³/mol. The summed E-state index contributed by atoms with van der Waals surface area (Å²) in [5, 5.41) is 9.40. The Labute approximate surface area is 159 Å². The van der Waals surface area contributed by atoms with Gasteiger partial charge in [0.1, 0.15) is 0 Å². The number of nitrogens with two attached hydrogens (primary N) is 1. The molecule has 6 nitrogen and oxygen atoms in total. The van der Waals surface area contributed by atoms with E-state index in [1.54, 1.807) is 18.2 Å². The number of sulfonamides is 1. The van der Waals surface area contributed by atoms with Crippen LogP contribution in [0.15, 0.2) is 57.9 Å². The summed E-state index contributed by atoms with van der Waals surface area (Å²) < 4.78 is 29.3. The van der Waals surface area contributed by atoms with E-state index < -0.39 is 10.0 Å². The molecular formula is C20H23N3O3S. The number of hydrogen-bond donors (Lipinski definition) is 1. The van der Waals surface area contributed by atoms with Gasteiger partial charge in [-0.25, -0.2) is 13.6 Å². The number of nitrogens with zero attached hydrogens (tertiary/aromatic N) is 2. The molecule has 0 unspecified atom stereocenters. The average Bonchev–Trinajstić information content (AvgIpc) is 2.94. The molecule has 0 radical (unpaired) electrons. The van der Waals surface area contributed by atoms with Crippen LogP contribution in [0.3, 0.4) is 0 Å². The summed E-state index contributed by atoms with van der Waals surface area (Å²) in [4.78, 5) is 2.17. The fourth-order valence-electron chi connectivity index (χ4n) is 3.03. The van der Waals surface area contributed by atoms with E-state index in [0.29, 0.717) is 11.4 Å². The highest BCUT2D eigenvalue weighted by molar-refractivity contribution is 7.89. The second-order valence-electron chi connectivity index (χ2n) is 6.75. The molecule has 3 aromatic rings. The molecule has 1 heterocycles. The Morgan fingerprint density at radius 1 is 1.04 bits per heavy atom. The Kier molecular flexibility index (Phi) is 5.08.